The van der Waals surface area contributed by atoms with Crippen molar-refractivity contribution in [2.24, 2.45) is 0 Å². The minimum atomic E-state index is -3.96. The van der Waals surface area contributed by atoms with Crippen LogP contribution in [-0.2, 0) is 34.3 Å². The van der Waals surface area contributed by atoms with Crippen molar-refractivity contribution < 1.29 is 50.5 Å². The zero-order chi connectivity index (χ0) is 55.9. The van der Waals surface area contributed by atoms with E-state index in [1.54, 1.807) is 150 Å². The standard InChI is InChI=1S/C27H32N4O6S2.C26H34N4O5S2/c1-16(2)36-25(32)29-19-9-7-18(8-10-19)24-28-14-22(38-24)21-12-11-20(31-15-17(3)37-26(31)33)13-23(21)39(34,35)30-27(4,5)6;1-16(2)35-25(32)29-19-9-7-18(8-10-19)24-28-15-22(36-24)21-12-11-20(27-14-17(3)31)13-23(21)37(33,34)30-26(4,5)6/h7-14,16-17,30H,15H2,1-6H3,(H,29,32);7-13,15-17,27,30-31H,14H2,1-6H3,(H,29,32). The maximum atomic E-state index is 13.5. The number of rotatable bonds is 16. The molecule has 1 aliphatic heterocycles. The molecule has 0 bridgehead atoms. The number of anilines is 4. The molecule has 2 aromatic heterocycles. The van der Waals surface area contributed by atoms with Crippen LogP contribution >= 0.6 is 22.7 Å². The van der Waals surface area contributed by atoms with Crippen molar-refractivity contribution >= 4 is 83.7 Å². The first-order valence-electron chi connectivity index (χ1n) is 24.3. The fraction of sp³-hybridized carbons (Fsp3) is 0.377. The number of thiazole rings is 2. The van der Waals surface area contributed by atoms with Crippen LogP contribution in [0.5, 0.6) is 0 Å². The summed E-state index contributed by atoms with van der Waals surface area (Å²) in [7, 11) is -7.83. The molecular weight excluding hydrogens is 1050 g/mol. The summed E-state index contributed by atoms with van der Waals surface area (Å²) in [5.41, 5.74) is 3.42. The van der Waals surface area contributed by atoms with E-state index in [0.717, 1.165) is 11.1 Å². The molecule has 0 aliphatic carbocycles. The molecule has 3 amide bonds. The number of aromatic nitrogens is 2. The summed E-state index contributed by atoms with van der Waals surface area (Å²) in [6.07, 6.45) is 0.378. The number of aliphatic hydroxyl groups is 1. The predicted molar refractivity (Wildman–Crippen MR) is 300 cm³/mol. The predicted octanol–water partition coefficient (Wildman–Crippen LogP) is 11.2. The first kappa shape index (κ1) is 58.8. The van der Waals surface area contributed by atoms with Gasteiger partial charge in [0, 0.05) is 75.0 Å². The number of benzene rings is 4. The number of nitrogens with zero attached hydrogens (tertiary/aromatic N) is 3. The van der Waals surface area contributed by atoms with Crippen molar-refractivity contribution in [2.45, 2.75) is 128 Å². The lowest BCUT2D eigenvalue weighted by Crippen LogP contribution is -2.40. The van der Waals surface area contributed by atoms with Gasteiger partial charge in [0.05, 0.1) is 44.4 Å². The van der Waals surface area contributed by atoms with E-state index in [0.29, 0.717) is 60.2 Å². The van der Waals surface area contributed by atoms with Crippen LogP contribution in [0, 0.1) is 0 Å². The third-order valence-electron chi connectivity index (χ3n) is 10.3. The molecule has 2 unspecified atom stereocenters. The number of carbonyl (C=O) groups is 3. The molecule has 23 heteroatoms. The van der Waals surface area contributed by atoms with Crippen molar-refractivity contribution in [3.8, 4) is 42.0 Å². The average molecular weight is 1120 g/mol. The van der Waals surface area contributed by atoms with Crippen LogP contribution in [0.15, 0.2) is 107 Å². The van der Waals surface area contributed by atoms with Crippen molar-refractivity contribution in [2.75, 3.05) is 33.9 Å². The first-order chi connectivity index (χ1) is 35.4. The number of hydrogen-bond acceptors (Lipinski definition) is 16. The first-order valence-corrected chi connectivity index (χ1v) is 28.9. The van der Waals surface area contributed by atoms with E-state index in [9.17, 15) is 36.3 Å². The number of sulfonamides is 2. The van der Waals surface area contributed by atoms with Crippen LogP contribution in [0.2, 0.25) is 0 Å². The highest BCUT2D eigenvalue weighted by molar-refractivity contribution is 7.90. The molecule has 6 aromatic rings. The molecule has 6 N–H and O–H groups in total. The Hall–Kier alpha value is -6.47. The van der Waals surface area contributed by atoms with Gasteiger partial charge < -0.3 is 24.6 Å². The normalized spacial score (nSPS) is 14.4. The summed E-state index contributed by atoms with van der Waals surface area (Å²) in [6.45, 7) is 21.8. The molecule has 0 spiro atoms. The van der Waals surface area contributed by atoms with Gasteiger partial charge in [0.25, 0.3) is 0 Å². The number of nitrogens with one attached hydrogen (secondary N) is 5. The van der Waals surface area contributed by atoms with Gasteiger partial charge in [-0.05, 0) is 156 Å². The van der Waals surface area contributed by atoms with Gasteiger partial charge in [-0.1, -0.05) is 12.1 Å². The minimum Gasteiger partial charge on any atom is -0.447 e. The summed E-state index contributed by atoms with van der Waals surface area (Å²) >= 11 is 2.70. The van der Waals surface area contributed by atoms with Gasteiger partial charge in [-0.15, -0.1) is 22.7 Å². The van der Waals surface area contributed by atoms with Crippen molar-refractivity contribution in [1.29, 1.82) is 0 Å². The van der Waals surface area contributed by atoms with E-state index >= 15 is 0 Å². The van der Waals surface area contributed by atoms with E-state index in [1.807, 2.05) is 24.3 Å². The molecule has 7 rings (SSSR count). The molecule has 0 radical (unpaired) electrons. The number of amides is 3. The van der Waals surface area contributed by atoms with E-state index in [-0.39, 0.29) is 34.6 Å². The van der Waals surface area contributed by atoms with Crippen molar-refractivity contribution in [3.63, 3.8) is 0 Å². The van der Waals surface area contributed by atoms with E-state index in [2.05, 4.69) is 35.4 Å². The molecular formula is C53H66N8O11S4. The van der Waals surface area contributed by atoms with Crippen LogP contribution in [-0.4, -0.2) is 98.8 Å². The molecule has 1 fully saturated rings. The summed E-state index contributed by atoms with van der Waals surface area (Å²) < 4.78 is 74.6. The molecule has 0 saturated carbocycles. The Labute approximate surface area is 452 Å². The fourth-order valence-electron chi connectivity index (χ4n) is 7.34. The van der Waals surface area contributed by atoms with Crippen LogP contribution < -0.4 is 30.3 Å². The fourth-order valence-corrected chi connectivity index (χ4v) is 12.7. The third-order valence-corrected chi connectivity index (χ3v) is 16.0. The Bertz CT molecular complexity index is 3240. The highest BCUT2D eigenvalue weighted by atomic mass is 32.2. The molecule has 3 heterocycles. The van der Waals surface area contributed by atoms with Crippen molar-refractivity contribution in [1.82, 2.24) is 19.4 Å². The second kappa shape index (κ2) is 24.2. The van der Waals surface area contributed by atoms with E-state index in [4.69, 9.17) is 14.2 Å². The quantitative estimate of drug-likeness (QED) is 0.0493. The molecule has 4 aromatic carbocycles. The van der Waals surface area contributed by atoms with Crippen LogP contribution in [0.1, 0.15) is 83.1 Å². The largest absolute Gasteiger partial charge is 0.447 e. The highest BCUT2D eigenvalue weighted by Gasteiger charge is 2.33. The second-order valence-corrected chi connectivity index (χ2v) is 25.9. The Kier molecular flexibility index (Phi) is 18.8. The summed E-state index contributed by atoms with van der Waals surface area (Å²) in [5.74, 6) is 0. The van der Waals surface area contributed by atoms with E-state index < -0.39 is 55.5 Å². The number of carbonyl (C=O) groups excluding carboxylic acids is 3. The molecule has 2 atom stereocenters. The Morgan fingerprint density at radius 2 is 1.11 bits per heavy atom. The van der Waals surface area contributed by atoms with Gasteiger partial charge in [0.15, 0.2) is 0 Å². The Balaban J connectivity index is 0.000000247. The second-order valence-electron chi connectivity index (χ2n) is 20.5. The van der Waals surface area contributed by atoms with Crippen LogP contribution in [0.4, 0.5) is 37.1 Å². The summed E-state index contributed by atoms with van der Waals surface area (Å²) in [6, 6.07) is 24.3. The van der Waals surface area contributed by atoms with E-state index in [1.165, 1.54) is 33.6 Å². The number of cyclic esters (lactones) is 1. The van der Waals surface area contributed by atoms with Crippen LogP contribution in [0.3, 0.4) is 0 Å². The maximum Gasteiger partial charge on any atom is 0.414 e. The topological polar surface area (TPSA) is 257 Å². The minimum absolute atomic E-state index is 0.0423. The maximum absolute atomic E-state index is 13.5. The number of hydrogen-bond donors (Lipinski definition) is 6. The average Bonchev–Trinajstić information content (AvgIpc) is 4.07. The lowest BCUT2D eigenvalue weighted by molar-refractivity contribution is 0.129. The van der Waals surface area contributed by atoms with Gasteiger partial charge in [-0.3, -0.25) is 15.5 Å². The smallest absolute Gasteiger partial charge is 0.414 e. The van der Waals surface area contributed by atoms with Gasteiger partial charge in [0.1, 0.15) is 16.1 Å². The van der Waals surface area contributed by atoms with Gasteiger partial charge in [0.2, 0.25) is 20.0 Å². The number of aliphatic hydroxyl groups excluding tert-OH is 1. The lowest BCUT2D eigenvalue weighted by Gasteiger charge is -2.22. The third kappa shape index (κ3) is 16.5. The SMILES string of the molecule is CC(C)OC(=O)Nc1ccc(-c2ncc(-c3ccc(N4CC(C)OC4=O)cc3S(=O)(=O)NC(C)(C)C)s2)cc1.CC(O)CNc1ccc(-c2cnc(-c3ccc(NC(=O)OC(C)C)cc3)s2)c(S(=O)(=O)NC(C)(C)C)c1. The highest BCUT2D eigenvalue weighted by Crippen LogP contribution is 2.40. The Morgan fingerprint density at radius 1 is 0.684 bits per heavy atom. The molecule has 408 valence electrons. The molecule has 76 heavy (non-hydrogen) atoms. The number of ether oxygens (including phenoxy) is 3. The molecule has 1 saturated heterocycles. The Morgan fingerprint density at radius 3 is 1.50 bits per heavy atom. The van der Waals surface area contributed by atoms with Gasteiger partial charge >= 0.3 is 18.3 Å². The summed E-state index contributed by atoms with van der Waals surface area (Å²) in [5, 5.41) is 19.4. The molecule has 1 aliphatic rings. The zero-order valence-electron chi connectivity index (χ0n) is 44.5. The van der Waals surface area contributed by atoms with Crippen LogP contribution in [0.25, 0.3) is 42.0 Å². The monoisotopic (exact) mass is 1120 g/mol. The zero-order valence-corrected chi connectivity index (χ0v) is 47.7. The molecule has 19 nitrogen and oxygen atoms in total. The summed E-state index contributed by atoms with van der Waals surface area (Å²) in [4.78, 5) is 48.0. The lowest BCUT2D eigenvalue weighted by atomic mass is 10.1. The van der Waals surface area contributed by atoms with Gasteiger partial charge in [-0.2, -0.15) is 0 Å². The van der Waals surface area contributed by atoms with Crippen molar-refractivity contribution in [3.05, 3.63) is 97.3 Å². The van der Waals surface area contributed by atoms with Gasteiger partial charge in [-0.25, -0.2) is 50.6 Å².